The number of aliphatic carboxylic acids is 1. The number of alkyl halides is 1. The fourth-order valence-corrected chi connectivity index (χ4v) is 1.47. The molecule has 4 nitrogen and oxygen atoms in total. The molecule has 1 aliphatic rings. The van der Waals surface area contributed by atoms with Crippen molar-refractivity contribution in [3.8, 4) is 0 Å². The summed E-state index contributed by atoms with van der Waals surface area (Å²) in [4.78, 5) is 23.1. The number of piperidine rings is 1. The second kappa shape index (κ2) is 4.93. The van der Waals surface area contributed by atoms with Crippen molar-refractivity contribution in [1.29, 1.82) is 0 Å². The van der Waals surface area contributed by atoms with Crippen LogP contribution < -0.4 is 0 Å². The van der Waals surface area contributed by atoms with E-state index in [-0.39, 0.29) is 18.7 Å². The van der Waals surface area contributed by atoms with E-state index in [2.05, 4.69) is 0 Å². The lowest BCUT2D eigenvalue weighted by Gasteiger charge is -2.28. The summed E-state index contributed by atoms with van der Waals surface area (Å²) < 4.78 is 12.7. The van der Waals surface area contributed by atoms with Gasteiger partial charge in [0.05, 0.1) is 6.42 Å². The number of halogens is 1. The van der Waals surface area contributed by atoms with Crippen LogP contribution in [0.2, 0.25) is 0 Å². The third-order valence-corrected chi connectivity index (χ3v) is 2.33. The standard InChI is InChI=1S/C9H14FNO3/c10-7-3-5-11(6-4-7)8(12)1-2-9(13)14/h7H,1-6H2,(H,13,14). The number of carboxylic acid groups (broad SMARTS) is 1. The van der Waals surface area contributed by atoms with Crippen molar-refractivity contribution < 1.29 is 19.1 Å². The molecule has 0 saturated carbocycles. The predicted octanol–water partition coefficient (Wildman–Crippen LogP) is 0.812. The van der Waals surface area contributed by atoms with Gasteiger partial charge in [-0.1, -0.05) is 0 Å². The van der Waals surface area contributed by atoms with Crippen molar-refractivity contribution >= 4 is 11.9 Å². The van der Waals surface area contributed by atoms with Crippen LogP contribution in [0.3, 0.4) is 0 Å². The van der Waals surface area contributed by atoms with E-state index in [9.17, 15) is 14.0 Å². The Morgan fingerprint density at radius 3 is 2.36 bits per heavy atom. The van der Waals surface area contributed by atoms with E-state index >= 15 is 0 Å². The molecule has 0 spiro atoms. The van der Waals surface area contributed by atoms with Gasteiger partial charge in [-0.3, -0.25) is 9.59 Å². The molecule has 0 aromatic rings. The van der Waals surface area contributed by atoms with Gasteiger partial charge >= 0.3 is 5.97 Å². The maximum atomic E-state index is 12.7. The molecule has 0 atom stereocenters. The fourth-order valence-electron chi connectivity index (χ4n) is 1.47. The Balaban J connectivity index is 2.27. The summed E-state index contributed by atoms with van der Waals surface area (Å²) in [5.41, 5.74) is 0. The zero-order valence-corrected chi connectivity index (χ0v) is 7.91. The average Bonchev–Trinajstić information content (AvgIpc) is 2.15. The minimum absolute atomic E-state index is 0.0201. The largest absolute Gasteiger partial charge is 0.481 e. The molecule has 0 unspecified atom stereocenters. The van der Waals surface area contributed by atoms with Gasteiger partial charge in [0.25, 0.3) is 0 Å². The molecule has 14 heavy (non-hydrogen) atoms. The number of hydrogen-bond acceptors (Lipinski definition) is 2. The van der Waals surface area contributed by atoms with E-state index in [1.807, 2.05) is 0 Å². The summed E-state index contributed by atoms with van der Waals surface area (Å²) in [6, 6.07) is 0. The molecule has 80 valence electrons. The van der Waals surface area contributed by atoms with Gasteiger partial charge in [-0.05, 0) is 12.8 Å². The number of likely N-dealkylation sites (tertiary alicyclic amines) is 1. The lowest BCUT2D eigenvalue weighted by Crippen LogP contribution is -2.39. The van der Waals surface area contributed by atoms with E-state index in [0.29, 0.717) is 25.9 Å². The van der Waals surface area contributed by atoms with E-state index in [4.69, 9.17) is 5.11 Å². The first-order chi connectivity index (χ1) is 6.59. The van der Waals surface area contributed by atoms with E-state index in [1.165, 1.54) is 0 Å². The molecule has 0 aromatic heterocycles. The van der Waals surface area contributed by atoms with Gasteiger partial charge in [-0.25, -0.2) is 4.39 Å². The number of hydrogen-bond donors (Lipinski definition) is 1. The molecule has 1 N–H and O–H groups in total. The molecule has 0 aliphatic carbocycles. The van der Waals surface area contributed by atoms with Gasteiger partial charge in [-0.2, -0.15) is 0 Å². The zero-order valence-electron chi connectivity index (χ0n) is 7.91. The Hall–Kier alpha value is -1.13. The number of carbonyl (C=O) groups is 2. The molecular weight excluding hydrogens is 189 g/mol. The molecule has 1 saturated heterocycles. The Labute approximate surface area is 81.7 Å². The third-order valence-electron chi connectivity index (χ3n) is 2.33. The van der Waals surface area contributed by atoms with Crippen LogP contribution in [0.15, 0.2) is 0 Å². The maximum absolute atomic E-state index is 12.7. The smallest absolute Gasteiger partial charge is 0.303 e. The van der Waals surface area contributed by atoms with Crippen LogP contribution in [-0.2, 0) is 9.59 Å². The monoisotopic (exact) mass is 203 g/mol. The Morgan fingerprint density at radius 1 is 1.29 bits per heavy atom. The lowest BCUT2D eigenvalue weighted by atomic mass is 10.1. The first-order valence-corrected chi connectivity index (χ1v) is 4.73. The van der Waals surface area contributed by atoms with Crippen molar-refractivity contribution in [1.82, 2.24) is 4.90 Å². The van der Waals surface area contributed by atoms with Crippen LogP contribution in [-0.4, -0.2) is 41.1 Å². The summed E-state index contributed by atoms with van der Waals surface area (Å²) in [5.74, 6) is -1.15. The van der Waals surface area contributed by atoms with Gasteiger partial charge in [0.15, 0.2) is 0 Å². The first kappa shape index (κ1) is 10.9. The lowest BCUT2D eigenvalue weighted by molar-refractivity contribution is -0.141. The first-order valence-electron chi connectivity index (χ1n) is 4.73. The number of nitrogens with zero attached hydrogens (tertiary/aromatic N) is 1. The summed E-state index contributed by atoms with van der Waals surface area (Å²) >= 11 is 0. The second-order valence-corrected chi connectivity index (χ2v) is 3.45. The van der Waals surface area contributed by atoms with E-state index < -0.39 is 12.1 Å². The Kier molecular flexibility index (Phi) is 3.85. The molecule has 0 aromatic carbocycles. The van der Waals surface area contributed by atoms with Crippen molar-refractivity contribution in [2.75, 3.05) is 13.1 Å². The van der Waals surface area contributed by atoms with Gasteiger partial charge in [-0.15, -0.1) is 0 Å². The molecule has 1 heterocycles. The molecule has 1 amide bonds. The second-order valence-electron chi connectivity index (χ2n) is 3.45. The van der Waals surface area contributed by atoms with Crippen LogP contribution in [0.4, 0.5) is 4.39 Å². The summed E-state index contributed by atoms with van der Waals surface area (Å²) in [7, 11) is 0. The quantitative estimate of drug-likeness (QED) is 0.738. The van der Waals surface area contributed by atoms with Gasteiger partial charge in [0.1, 0.15) is 6.17 Å². The minimum atomic E-state index is -0.973. The average molecular weight is 203 g/mol. The van der Waals surface area contributed by atoms with Gasteiger partial charge < -0.3 is 10.0 Å². The molecule has 0 radical (unpaired) electrons. The number of rotatable bonds is 3. The number of carboxylic acids is 1. The van der Waals surface area contributed by atoms with Gasteiger partial charge in [0, 0.05) is 19.5 Å². The molecule has 1 rings (SSSR count). The van der Waals surface area contributed by atoms with Crippen LogP contribution in [0.5, 0.6) is 0 Å². The molecule has 1 fully saturated rings. The summed E-state index contributed by atoms with van der Waals surface area (Å²) in [5, 5.41) is 8.37. The normalized spacial score (nSPS) is 18.2. The highest BCUT2D eigenvalue weighted by Gasteiger charge is 2.22. The number of carbonyl (C=O) groups excluding carboxylic acids is 1. The number of amides is 1. The van der Waals surface area contributed by atoms with Crippen LogP contribution in [0, 0.1) is 0 Å². The molecule has 1 aliphatic heterocycles. The summed E-state index contributed by atoms with van der Waals surface area (Å²) in [6.45, 7) is 0.833. The van der Waals surface area contributed by atoms with Crippen molar-refractivity contribution in [3.63, 3.8) is 0 Å². The molecule has 0 bridgehead atoms. The van der Waals surface area contributed by atoms with Crippen molar-refractivity contribution in [2.45, 2.75) is 31.9 Å². The highest BCUT2D eigenvalue weighted by molar-refractivity contribution is 5.80. The topological polar surface area (TPSA) is 57.6 Å². The third kappa shape index (κ3) is 3.32. The fraction of sp³-hybridized carbons (Fsp3) is 0.778. The highest BCUT2D eigenvalue weighted by Crippen LogP contribution is 2.14. The summed E-state index contributed by atoms with van der Waals surface area (Å²) in [6.07, 6.45) is -0.184. The van der Waals surface area contributed by atoms with Gasteiger partial charge in [0.2, 0.25) is 5.91 Å². The zero-order chi connectivity index (χ0) is 10.6. The highest BCUT2D eigenvalue weighted by atomic mass is 19.1. The molecule has 5 heteroatoms. The Bertz CT molecular complexity index is 224. The van der Waals surface area contributed by atoms with Crippen molar-refractivity contribution in [2.24, 2.45) is 0 Å². The van der Waals surface area contributed by atoms with Crippen LogP contribution >= 0.6 is 0 Å². The van der Waals surface area contributed by atoms with E-state index in [0.717, 1.165) is 0 Å². The van der Waals surface area contributed by atoms with Crippen molar-refractivity contribution in [3.05, 3.63) is 0 Å². The SMILES string of the molecule is O=C(O)CCC(=O)N1CCC(F)CC1. The predicted molar refractivity (Wildman–Crippen MR) is 47.6 cm³/mol. The maximum Gasteiger partial charge on any atom is 0.303 e. The van der Waals surface area contributed by atoms with Crippen LogP contribution in [0.25, 0.3) is 0 Å². The Morgan fingerprint density at radius 2 is 1.86 bits per heavy atom. The molecular formula is C9H14FNO3. The minimum Gasteiger partial charge on any atom is -0.481 e. The van der Waals surface area contributed by atoms with E-state index in [1.54, 1.807) is 4.90 Å². The van der Waals surface area contributed by atoms with Crippen LogP contribution in [0.1, 0.15) is 25.7 Å².